The van der Waals surface area contributed by atoms with Crippen molar-refractivity contribution in [2.45, 2.75) is 26.3 Å². The summed E-state index contributed by atoms with van der Waals surface area (Å²) in [6, 6.07) is 19.0. The van der Waals surface area contributed by atoms with Gasteiger partial charge in [-0.1, -0.05) is 48.0 Å². The Labute approximate surface area is 154 Å². The molecule has 0 saturated heterocycles. The predicted molar refractivity (Wildman–Crippen MR) is 103 cm³/mol. The molecule has 2 heterocycles. The van der Waals surface area contributed by atoms with E-state index in [-0.39, 0.29) is 6.04 Å². The summed E-state index contributed by atoms with van der Waals surface area (Å²) in [6.45, 7) is 6.29. The fraction of sp³-hybridized carbons (Fsp3) is 0.273. The molecule has 1 aliphatic heterocycles. The molecule has 4 heteroatoms. The summed E-state index contributed by atoms with van der Waals surface area (Å²) in [7, 11) is 0. The fourth-order valence-corrected chi connectivity index (χ4v) is 3.54. The van der Waals surface area contributed by atoms with Crippen molar-refractivity contribution in [3.05, 3.63) is 77.7 Å². The molecule has 2 aromatic carbocycles. The molecule has 0 spiro atoms. The summed E-state index contributed by atoms with van der Waals surface area (Å²) in [4.78, 5) is 1.46. The SMILES string of the molecule is Cc1cccc(-c2nnc([C@H](C)[NH+]3CC=C(c4ccccc4)CC3)o2)c1. The first kappa shape index (κ1) is 16.7. The molecule has 132 valence electrons. The molecule has 2 atom stereocenters. The van der Waals surface area contributed by atoms with E-state index in [1.807, 2.05) is 12.1 Å². The van der Waals surface area contributed by atoms with Gasteiger partial charge < -0.3 is 9.32 Å². The van der Waals surface area contributed by atoms with Crippen LogP contribution in [0.2, 0.25) is 0 Å². The van der Waals surface area contributed by atoms with E-state index < -0.39 is 0 Å². The van der Waals surface area contributed by atoms with Crippen LogP contribution in [0.1, 0.15) is 36.4 Å². The van der Waals surface area contributed by atoms with E-state index in [1.165, 1.54) is 21.6 Å². The highest BCUT2D eigenvalue weighted by Gasteiger charge is 2.27. The van der Waals surface area contributed by atoms with Gasteiger partial charge in [-0.15, -0.1) is 10.2 Å². The Morgan fingerprint density at radius 1 is 1.00 bits per heavy atom. The smallest absolute Gasteiger partial charge is 0.274 e. The van der Waals surface area contributed by atoms with Crippen LogP contribution in [0.5, 0.6) is 0 Å². The van der Waals surface area contributed by atoms with Crippen LogP contribution >= 0.6 is 0 Å². The Hall–Kier alpha value is -2.72. The van der Waals surface area contributed by atoms with Crippen LogP contribution in [0, 0.1) is 6.92 Å². The molecule has 0 bridgehead atoms. The molecule has 1 aliphatic rings. The minimum atomic E-state index is 0.189. The third-order valence-corrected chi connectivity index (χ3v) is 5.16. The zero-order valence-corrected chi connectivity index (χ0v) is 15.3. The molecule has 26 heavy (non-hydrogen) atoms. The lowest BCUT2D eigenvalue weighted by Crippen LogP contribution is -3.12. The molecule has 0 saturated carbocycles. The van der Waals surface area contributed by atoms with Crippen molar-refractivity contribution >= 4 is 5.57 Å². The quantitative estimate of drug-likeness (QED) is 0.786. The van der Waals surface area contributed by atoms with Gasteiger partial charge in [0.15, 0.2) is 6.04 Å². The predicted octanol–water partition coefficient (Wildman–Crippen LogP) is 3.48. The largest absolute Gasteiger partial charge is 0.415 e. The van der Waals surface area contributed by atoms with Crippen molar-refractivity contribution < 1.29 is 9.32 Å². The molecule has 4 rings (SSSR count). The third kappa shape index (κ3) is 3.46. The maximum atomic E-state index is 5.99. The topological polar surface area (TPSA) is 43.4 Å². The van der Waals surface area contributed by atoms with Gasteiger partial charge in [0.25, 0.3) is 5.89 Å². The number of hydrogen-bond donors (Lipinski definition) is 1. The lowest BCUT2D eigenvalue weighted by atomic mass is 9.99. The van der Waals surface area contributed by atoms with Crippen LogP contribution in [-0.4, -0.2) is 23.3 Å². The summed E-state index contributed by atoms with van der Waals surface area (Å²) in [5.41, 5.74) is 4.94. The second kappa shape index (κ2) is 7.26. The van der Waals surface area contributed by atoms with E-state index in [2.05, 4.69) is 72.6 Å². The summed E-state index contributed by atoms with van der Waals surface area (Å²) in [6.07, 6.45) is 3.42. The standard InChI is InChI=1S/C22H23N3O/c1-16-7-6-10-20(15-16)22-24-23-21(26-22)17(2)25-13-11-19(12-14-25)18-8-4-3-5-9-18/h3-11,15,17H,12-14H2,1-2H3/p+1/t17-/m0/s1. The number of aromatic nitrogens is 2. The van der Waals surface area contributed by atoms with Crippen LogP contribution < -0.4 is 4.90 Å². The highest BCUT2D eigenvalue weighted by atomic mass is 16.4. The first-order chi connectivity index (χ1) is 12.7. The minimum absolute atomic E-state index is 0.189. The summed E-state index contributed by atoms with van der Waals surface area (Å²) >= 11 is 0. The van der Waals surface area contributed by atoms with Gasteiger partial charge >= 0.3 is 0 Å². The number of benzene rings is 2. The zero-order chi connectivity index (χ0) is 17.9. The van der Waals surface area contributed by atoms with Crippen molar-refractivity contribution in [2.24, 2.45) is 0 Å². The molecule has 4 nitrogen and oxygen atoms in total. The lowest BCUT2D eigenvalue weighted by Gasteiger charge is -2.27. The summed E-state index contributed by atoms with van der Waals surface area (Å²) in [5, 5.41) is 8.58. The second-order valence-electron chi connectivity index (χ2n) is 6.99. The Morgan fingerprint density at radius 2 is 1.81 bits per heavy atom. The van der Waals surface area contributed by atoms with Gasteiger partial charge in [-0.3, -0.25) is 0 Å². The maximum absolute atomic E-state index is 5.99. The molecule has 1 N–H and O–H groups in total. The summed E-state index contributed by atoms with van der Waals surface area (Å²) < 4.78 is 5.99. The fourth-order valence-electron chi connectivity index (χ4n) is 3.54. The van der Waals surface area contributed by atoms with Crippen LogP contribution in [0.3, 0.4) is 0 Å². The maximum Gasteiger partial charge on any atom is 0.274 e. The first-order valence-corrected chi connectivity index (χ1v) is 9.20. The average molecular weight is 346 g/mol. The Bertz CT molecular complexity index is 914. The molecule has 0 amide bonds. The van der Waals surface area contributed by atoms with E-state index in [4.69, 9.17) is 4.42 Å². The molecular formula is C22H24N3O+. The van der Waals surface area contributed by atoms with Crippen LogP contribution in [0.15, 0.2) is 65.1 Å². The minimum Gasteiger partial charge on any atom is -0.415 e. The van der Waals surface area contributed by atoms with Gasteiger partial charge in [0, 0.05) is 12.0 Å². The molecule has 0 aliphatic carbocycles. The van der Waals surface area contributed by atoms with E-state index in [0.29, 0.717) is 11.8 Å². The molecular weight excluding hydrogens is 322 g/mol. The summed E-state index contributed by atoms with van der Waals surface area (Å²) in [5.74, 6) is 1.32. The molecule has 1 unspecified atom stereocenters. The van der Waals surface area contributed by atoms with Gasteiger partial charge in [0.1, 0.15) is 0 Å². The number of rotatable bonds is 4. The van der Waals surface area contributed by atoms with Crippen LogP contribution in [0.4, 0.5) is 0 Å². The highest BCUT2D eigenvalue weighted by Crippen LogP contribution is 2.22. The number of nitrogens with zero attached hydrogens (tertiary/aromatic N) is 2. The van der Waals surface area contributed by atoms with Gasteiger partial charge in [0.05, 0.1) is 13.1 Å². The highest BCUT2D eigenvalue weighted by molar-refractivity contribution is 5.65. The Balaban J connectivity index is 1.47. The van der Waals surface area contributed by atoms with Crippen molar-refractivity contribution in [3.63, 3.8) is 0 Å². The van der Waals surface area contributed by atoms with Crippen molar-refractivity contribution in [1.82, 2.24) is 10.2 Å². The second-order valence-corrected chi connectivity index (χ2v) is 6.99. The van der Waals surface area contributed by atoms with Crippen molar-refractivity contribution in [1.29, 1.82) is 0 Å². The number of hydrogen-bond acceptors (Lipinski definition) is 3. The van der Waals surface area contributed by atoms with Crippen molar-refractivity contribution in [2.75, 3.05) is 13.1 Å². The molecule has 1 aromatic heterocycles. The Morgan fingerprint density at radius 3 is 2.54 bits per heavy atom. The van der Waals surface area contributed by atoms with Crippen molar-refractivity contribution in [3.8, 4) is 11.5 Å². The van der Waals surface area contributed by atoms with Gasteiger partial charge in [-0.05, 0) is 43.2 Å². The third-order valence-electron chi connectivity index (χ3n) is 5.16. The number of aryl methyl sites for hydroxylation is 1. The first-order valence-electron chi connectivity index (χ1n) is 9.20. The molecule has 0 radical (unpaired) electrons. The van der Waals surface area contributed by atoms with Crippen LogP contribution in [-0.2, 0) is 0 Å². The van der Waals surface area contributed by atoms with Gasteiger partial charge in [-0.25, -0.2) is 0 Å². The lowest BCUT2D eigenvalue weighted by molar-refractivity contribution is -0.926. The van der Waals surface area contributed by atoms with E-state index in [9.17, 15) is 0 Å². The van der Waals surface area contributed by atoms with E-state index in [0.717, 1.165) is 25.1 Å². The van der Waals surface area contributed by atoms with E-state index >= 15 is 0 Å². The van der Waals surface area contributed by atoms with Gasteiger partial charge in [-0.2, -0.15) is 0 Å². The normalized spacial score (nSPS) is 18.4. The van der Waals surface area contributed by atoms with Gasteiger partial charge in [0.2, 0.25) is 5.89 Å². The zero-order valence-electron chi connectivity index (χ0n) is 15.3. The monoisotopic (exact) mass is 346 g/mol. The average Bonchev–Trinajstić information content (AvgIpc) is 3.18. The van der Waals surface area contributed by atoms with Crippen LogP contribution in [0.25, 0.3) is 17.0 Å². The van der Waals surface area contributed by atoms with E-state index in [1.54, 1.807) is 0 Å². The Kier molecular flexibility index (Phi) is 4.67. The molecule has 0 fully saturated rings. The number of quaternary nitrogens is 1. The molecule has 3 aromatic rings. The number of nitrogens with one attached hydrogen (secondary N) is 1.